The van der Waals surface area contributed by atoms with Crippen LogP contribution in [-0.2, 0) is 12.8 Å². The van der Waals surface area contributed by atoms with Gasteiger partial charge in [-0.3, -0.25) is 0 Å². The normalized spacial score (nSPS) is 10.2. The van der Waals surface area contributed by atoms with E-state index in [4.69, 9.17) is 9.47 Å². The van der Waals surface area contributed by atoms with Crippen LogP contribution >= 0.6 is 0 Å². The summed E-state index contributed by atoms with van der Waals surface area (Å²) in [6, 6.07) is 9.67. The van der Waals surface area contributed by atoms with E-state index in [0.29, 0.717) is 23.5 Å². The molecule has 120 valence electrons. The first-order chi connectivity index (χ1) is 11.1. The smallest absolute Gasteiger partial charge is 0.165 e. The molecule has 0 aliphatic carbocycles. The van der Waals surface area contributed by atoms with E-state index in [1.165, 1.54) is 0 Å². The Morgan fingerprint density at radius 3 is 2.09 bits per heavy atom. The first-order valence-electron chi connectivity index (χ1n) is 7.43. The van der Waals surface area contributed by atoms with E-state index in [9.17, 15) is 5.11 Å². The average molecular weight is 310 g/mol. The van der Waals surface area contributed by atoms with Gasteiger partial charge in [0.05, 0.1) is 14.2 Å². The topological polar surface area (TPSA) is 38.7 Å². The lowest BCUT2D eigenvalue weighted by atomic mass is 9.97. The molecular weight excluding hydrogens is 288 g/mol. The molecule has 3 nitrogen and oxygen atoms in total. The zero-order valence-electron chi connectivity index (χ0n) is 13.6. The summed E-state index contributed by atoms with van der Waals surface area (Å²) in [5.74, 6) is 1.25. The Kier molecular flexibility index (Phi) is 5.47. The second kappa shape index (κ2) is 7.54. The third kappa shape index (κ3) is 3.57. The van der Waals surface area contributed by atoms with Gasteiger partial charge in [0.25, 0.3) is 0 Å². The summed E-state index contributed by atoms with van der Waals surface area (Å²) in [5.41, 5.74) is 3.63. The van der Waals surface area contributed by atoms with Crippen molar-refractivity contribution in [2.75, 3.05) is 14.2 Å². The van der Waals surface area contributed by atoms with E-state index >= 15 is 0 Å². The number of methoxy groups -OCH3 is 2. The van der Waals surface area contributed by atoms with Crippen molar-refractivity contribution in [3.05, 3.63) is 66.8 Å². The Labute approximate surface area is 137 Å². The maximum absolute atomic E-state index is 10.5. The molecule has 2 aromatic rings. The molecule has 2 rings (SSSR count). The first kappa shape index (κ1) is 16.7. The largest absolute Gasteiger partial charge is 0.504 e. The molecule has 0 radical (unpaired) electrons. The molecule has 0 saturated heterocycles. The van der Waals surface area contributed by atoms with Gasteiger partial charge in [0.15, 0.2) is 11.5 Å². The number of aromatic hydroxyl groups is 1. The molecule has 0 heterocycles. The van der Waals surface area contributed by atoms with Gasteiger partial charge in [0, 0.05) is 11.1 Å². The van der Waals surface area contributed by atoms with Crippen molar-refractivity contribution < 1.29 is 14.6 Å². The molecule has 0 amide bonds. The Bertz CT molecular complexity index is 717. The van der Waals surface area contributed by atoms with Crippen LogP contribution in [0.15, 0.2) is 55.6 Å². The molecule has 0 atom stereocenters. The maximum Gasteiger partial charge on any atom is 0.165 e. The monoisotopic (exact) mass is 310 g/mol. The first-order valence-corrected chi connectivity index (χ1v) is 7.43. The summed E-state index contributed by atoms with van der Waals surface area (Å²) in [5, 5.41) is 10.5. The highest BCUT2D eigenvalue weighted by atomic mass is 16.5. The minimum absolute atomic E-state index is 0.107. The van der Waals surface area contributed by atoms with Crippen LogP contribution in [0.1, 0.15) is 11.1 Å². The number of hydrogen-bond donors (Lipinski definition) is 1. The molecule has 0 bridgehead atoms. The van der Waals surface area contributed by atoms with Crippen LogP contribution in [0.25, 0.3) is 11.1 Å². The van der Waals surface area contributed by atoms with Gasteiger partial charge in [-0.05, 0) is 42.2 Å². The summed E-state index contributed by atoms with van der Waals surface area (Å²) in [7, 11) is 3.17. The third-order valence-electron chi connectivity index (χ3n) is 3.67. The lowest BCUT2D eigenvalue weighted by molar-refractivity contribution is 0.373. The van der Waals surface area contributed by atoms with E-state index in [0.717, 1.165) is 23.1 Å². The van der Waals surface area contributed by atoms with Crippen molar-refractivity contribution >= 4 is 0 Å². The van der Waals surface area contributed by atoms with Gasteiger partial charge in [-0.25, -0.2) is 0 Å². The van der Waals surface area contributed by atoms with Crippen molar-refractivity contribution in [1.29, 1.82) is 0 Å². The summed E-state index contributed by atoms with van der Waals surface area (Å²) < 4.78 is 10.8. The molecule has 0 fully saturated rings. The highest BCUT2D eigenvalue weighted by Crippen LogP contribution is 2.42. The maximum atomic E-state index is 10.5. The summed E-state index contributed by atoms with van der Waals surface area (Å²) in [6.07, 6.45) is 5.13. The van der Waals surface area contributed by atoms with Crippen LogP contribution in [0.2, 0.25) is 0 Å². The molecular formula is C20H22O3. The molecule has 0 unspecified atom stereocenters. The van der Waals surface area contributed by atoms with Gasteiger partial charge in [-0.15, -0.1) is 13.2 Å². The Balaban J connectivity index is 2.62. The third-order valence-corrected chi connectivity index (χ3v) is 3.67. The lowest BCUT2D eigenvalue weighted by Crippen LogP contribution is -1.94. The van der Waals surface area contributed by atoms with Gasteiger partial charge >= 0.3 is 0 Å². The standard InChI is InChI=1S/C20H22O3/c1-5-7-14-9-10-16(18(12-14)22-3)17-11-15(8-6-2)13-19(23-4)20(17)21/h5-6,9-13,21H,1-2,7-8H2,3-4H3. The predicted octanol–water partition coefficient (Wildman–Crippen LogP) is 4.53. The minimum atomic E-state index is 0.107. The van der Waals surface area contributed by atoms with E-state index in [1.54, 1.807) is 14.2 Å². The van der Waals surface area contributed by atoms with E-state index < -0.39 is 0 Å². The number of hydrogen-bond acceptors (Lipinski definition) is 3. The molecule has 0 aliphatic rings. The van der Waals surface area contributed by atoms with Crippen LogP contribution in [0.3, 0.4) is 0 Å². The van der Waals surface area contributed by atoms with Gasteiger partial charge < -0.3 is 14.6 Å². The molecule has 0 spiro atoms. The van der Waals surface area contributed by atoms with Crippen molar-refractivity contribution in [2.24, 2.45) is 0 Å². The molecule has 0 aromatic heterocycles. The van der Waals surface area contributed by atoms with Crippen molar-refractivity contribution in [3.8, 4) is 28.4 Å². The van der Waals surface area contributed by atoms with Gasteiger partial charge in [0.2, 0.25) is 0 Å². The van der Waals surface area contributed by atoms with E-state index in [1.807, 2.05) is 42.5 Å². The van der Waals surface area contributed by atoms with E-state index in [2.05, 4.69) is 13.2 Å². The van der Waals surface area contributed by atoms with Gasteiger partial charge in [-0.2, -0.15) is 0 Å². The second-order valence-corrected chi connectivity index (χ2v) is 5.21. The minimum Gasteiger partial charge on any atom is -0.504 e. The fourth-order valence-electron chi connectivity index (χ4n) is 2.56. The average Bonchev–Trinajstić information content (AvgIpc) is 2.57. The van der Waals surface area contributed by atoms with Crippen LogP contribution < -0.4 is 9.47 Å². The van der Waals surface area contributed by atoms with Crippen LogP contribution in [0, 0.1) is 0 Å². The number of phenols is 1. The molecule has 0 saturated carbocycles. The number of rotatable bonds is 7. The number of ether oxygens (including phenoxy) is 2. The number of phenolic OH excluding ortho intramolecular Hbond substituents is 1. The molecule has 1 N–H and O–H groups in total. The summed E-state index contributed by atoms with van der Waals surface area (Å²) >= 11 is 0. The summed E-state index contributed by atoms with van der Waals surface area (Å²) in [6.45, 7) is 7.52. The quantitative estimate of drug-likeness (QED) is 0.763. The van der Waals surface area contributed by atoms with Crippen molar-refractivity contribution in [1.82, 2.24) is 0 Å². The van der Waals surface area contributed by atoms with Gasteiger partial charge in [-0.1, -0.05) is 24.3 Å². The number of benzene rings is 2. The van der Waals surface area contributed by atoms with E-state index in [-0.39, 0.29) is 5.75 Å². The molecule has 0 aliphatic heterocycles. The summed E-state index contributed by atoms with van der Waals surface area (Å²) in [4.78, 5) is 0. The fourth-order valence-corrected chi connectivity index (χ4v) is 2.56. The molecule has 3 heteroatoms. The number of allylic oxidation sites excluding steroid dienone is 2. The highest BCUT2D eigenvalue weighted by molar-refractivity contribution is 5.79. The van der Waals surface area contributed by atoms with Gasteiger partial charge in [0.1, 0.15) is 5.75 Å². The van der Waals surface area contributed by atoms with Crippen molar-refractivity contribution in [2.45, 2.75) is 12.8 Å². The van der Waals surface area contributed by atoms with Crippen LogP contribution in [0.5, 0.6) is 17.2 Å². The Hall–Kier alpha value is -2.68. The molecule has 2 aromatic carbocycles. The van der Waals surface area contributed by atoms with Crippen LogP contribution in [0.4, 0.5) is 0 Å². The predicted molar refractivity (Wildman–Crippen MR) is 94.4 cm³/mol. The zero-order valence-corrected chi connectivity index (χ0v) is 13.6. The zero-order chi connectivity index (χ0) is 16.8. The Morgan fingerprint density at radius 2 is 1.48 bits per heavy atom. The fraction of sp³-hybridized carbons (Fsp3) is 0.200. The highest BCUT2D eigenvalue weighted by Gasteiger charge is 2.16. The lowest BCUT2D eigenvalue weighted by Gasteiger charge is -2.15. The molecule has 23 heavy (non-hydrogen) atoms. The SMILES string of the molecule is C=CCc1ccc(-c2cc(CC=C)cc(OC)c2O)c(OC)c1. The van der Waals surface area contributed by atoms with Crippen molar-refractivity contribution in [3.63, 3.8) is 0 Å². The second-order valence-electron chi connectivity index (χ2n) is 5.21. The van der Waals surface area contributed by atoms with Crippen LogP contribution in [-0.4, -0.2) is 19.3 Å². The Morgan fingerprint density at radius 1 is 0.870 bits per heavy atom.